The molecule has 1 aromatic carbocycles. The number of ether oxygens (including phenoxy) is 1. The molecule has 0 aliphatic heterocycles. The topological polar surface area (TPSA) is 95.6 Å². The van der Waals surface area contributed by atoms with Crippen LogP contribution < -0.4 is 11.1 Å². The Hall–Kier alpha value is -3.33. The van der Waals surface area contributed by atoms with E-state index in [2.05, 4.69) is 9.97 Å². The molecule has 152 valence electrons. The first-order valence-electron chi connectivity index (χ1n) is 9.72. The van der Waals surface area contributed by atoms with E-state index in [4.69, 9.17) is 4.74 Å². The van der Waals surface area contributed by atoms with Crippen molar-refractivity contribution in [1.29, 1.82) is 0 Å². The molecule has 5 rings (SSSR count). The van der Waals surface area contributed by atoms with Gasteiger partial charge < -0.3 is 4.74 Å². The Kier molecular flexibility index (Phi) is 4.66. The molecule has 1 aliphatic carbocycles. The summed E-state index contributed by atoms with van der Waals surface area (Å²) in [4.78, 5) is 46.7. The first-order valence-corrected chi connectivity index (χ1v) is 10.6. The number of aromatic nitrogens is 4. The molecular weight excluding hydrogens is 404 g/mol. The van der Waals surface area contributed by atoms with E-state index in [9.17, 15) is 14.4 Å². The van der Waals surface area contributed by atoms with Gasteiger partial charge in [-0.2, -0.15) is 0 Å². The zero-order valence-corrected chi connectivity index (χ0v) is 16.8. The highest BCUT2D eigenvalue weighted by atomic mass is 32.1. The van der Waals surface area contributed by atoms with Crippen LogP contribution in [0, 0.1) is 0 Å². The van der Waals surface area contributed by atoms with Gasteiger partial charge in [-0.05, 0) is 25.0 Å². The normalized spacial score (nSPS) is 13.7. The minimum atomic E-state index is -0.423. The van der Waals surface area contributed by atoms with Crippen molar-refractivity contribution in [2.24, 2.45) is 0 Å². The van der Waals surface area contributed by atoms with E-state index >= 15 is 0 Å². The zero-order valence-electron chi connectivity index (χ0n) is 16.0. The van der Waals surface area contributed by atoms with Gasteiger partial charge in [0.05, 0.1) is 23.0 Å². The van der Waals surface area contributed by atoms with Gasteiger partial charge in [-0.25, -0.2) is 9.97 Å². The second-order valence-corrected chi connectivity index (χ2v) is 8.13. The van der Waals surface area contributed by atoms with Gasteiger partial charge in [0.15, 0.2) is 4.96 Å². The van der Waals surface area contributed by atoms with E-state index in [0.29, 0.717) is 33.8 Å². The molecule has 0 atom stereocenters. The van der Waals surface area contributed by atoms with Crippen molar-refractivity contribution in [2.45, 2.75) is 38.3 Å². The molecule has 8 nitrogen and oxygen atoms in total. The molecule has 0 unspecified atom stereocenters. The average molecular weight is 422 g/mol. The van der Waals surface area contributed by atoms with Crippen molar-refractivity contribution >= 4 is 33.2 Å². The monoisotopic (exact) mass is 422 g/mol. The van der Waals surface area contributed by atoms with Gasteiger partial charge in [-0.15, -0.1) is 11.3 Å². The van der Waals surface area contributed by atoms with E-state index in [1.165, 1.54) is 21.8 Å². The molecule has 0 amide bonds. The number of hydrogen-bond acceptors (Lipinski definition) is 7. The maximum atomic E-state index is 12.9. The molecule has 1 saturated carbocycles. The number of para-hydroxylation sites is 1. The van der Waals surface area contributed by atoms with Crippen molar-refractivity contribution in [3.8, 4) is 0 Å². The summed E-state index contributed by atoms with van der Waals surface area (Å²) in [6, 6.07) is 8.78. The van der Waals surface area contributed by atoms with E-state index in [1.807, 2.05) is 12.1 Å². The first-order chi connectivity index (χ1) is 14.6. The molecule has 1 aliphatic rings. The number of rotatable bonds is 6. The van der Waals surface area contributed by atoms with Gasteiger partial charge in [0.1, 0.15) is 12.4 Å². The van der Waals surface area contributed by atoms with Crippen LogP contribution in [0.4, 0.5) is 0 Å². The fourth-order valence-electron chi connectivity index (χ4n) is 3.48. The van der Waals surface area contributed by atoms with E-state index in [-0.39, 0.29) is 30.2 Å². The number of carbonyl (C=O) groups is 1. The zero-order chi connectivity index (χ0) is 20.7. The van der Waals surface area contributed by atoms with Gasteiger partial charge in [0.25, 0.3) is 11.1 Å². The van der Waals surface area contributed by atoms with Crippen LogP contribution in [0.1, 0.15) is 36.8 Å². The Morgan fingerprint density at radius 2 is 2.03 bits per heavy atom. The van der Waals surface area contributed by atoms with Gasteiger partial charge in [-0.1, -0.05) is 12.1 Å². The van der Waals surface area contributed by atoms with Gasteiger partial charge in [0.2, 0.25) is 0 Å². The molecule has 0 radical (unpaired) electrons. The fourth-order valence-corrected chi connectivity index (χ4v) is 4.22. The second-order valence-electron chi connectivity index (χ2n) is 7.25. The number of hydrogen-bond donors (Lipinski definition) is 0. The molecular formula is C21H18N4O4S. The van der Waals surface area contributed by atoms with Crippen LogP contribution in [-0.4, -0.2) is 24.9 Å². The standard InChI is InChI=1S/C21H18N4O4S/c26-18-11-13(22-21-24(18)9-10-30-21)12-29-19(27)8-7-17-23-16-4-2-1-3-15(16)20(28)25(17)14-5-6-14/h1-4,9-11,14H,5-8,12H2. The minimum Gasteiger partial charge on any atom is -0.459 e. The summed E-state index contributed by atoms with van der Waals surface area (Å²) in [6.07, 6.45) is 3.96. The van der Waals surface area contributed by atoms with Gasteiger partial charge >= 0.3 is 5.97 Å². The lowest BCUT2D eigenvalue weighted by atomic mass is 10.2. The minimum absolute atomic E-state index is 0.0552. The third-order valence-corrected chi connectivity index (χ3v) is 5.84. The van der Waals surface area contributed by atoms with Crippen molar-refractivity contribution in [3.63, 3.8) is 0 Å². The van der Waals surface area contributed by atoms with Crippen LogP contribution in [0.5, 0.6) is 0 Å². The maximum Gasteiger partial charge on any atom is 0.306 e. The molecule has 0 saturated heterocycles. The summed E-state index contributed by atoms with van der Waals surface area (Å²) in [7, 11) is 0. The van der Waals surface area contributed by atoms with Crippen LogP contribution in [0.3, 0.4) is 0 Å². The lowest BCUT2D eigenvalue weighted by Gasteiger charge is -2.12. The summed E-state index contributed by atoms with van der Waals surface area (Å²) in [5.74, 6) is 0.183. The second kappa shape index (κ2) is 7.49. The predicted octanol–water partition coefficient (Wildman–Crippen LogP) is 2.48. The summed E-state index contributed by atoms with van der Waals surface area (Å²) in [5, 5.41) is 2.37. The van der Waals surface area contributed by atoms with Crippen molar-refractivity contribution in [2.75, 3.05) is 0 Å². The lowest BCUT2D eigenvalue weighted by molar-refractivity contribution is -0.145. The third-order valence-electron chi connectivity index (χ3n) is 5.08. The van der Waals surface area contributed by atoms with Crippen molar-refractivity contribution < 1.29 is 9.53 Å². The van der Waals surface area contributed by atoms with Crippen LogP contribution in [0.25, 0.3) is 15.9 Å². The molecule has 4 aromatic rings. The first kappa shape index (κ1) is 18.7. The maximum absolute atomic E-state index is 12.9. The largest absolute Gasteiger partial charge is 0.459 e. The fraction of sp³-hybridized carbons (Fsp3) is 0.286. The molecule has 3 aromatic heterocycles. The average Bonchev–Trinajstić information content (AvgIpc) is 3.46. The van der Waals surface area contributed by atoms with Crippen molar-refractivity contribution in [1.82, 2.24) is 18.9 Å². The molecule has 0 N–H and O–H groups in total. The summed E-state index contributed by atoms with van der Waals surface area (Å²) in [6.45, 7) is -0.0664. The summed E-state index contributed by atoms with van der Waals surface area (Å²) >= 11 is 1.34. The third kappa shape index (κ3) is 3.52. The quantitative estimate of drug-likeness (QED) is 0.443. The van der Waals surface area contributed by atoms with Gasteiger partial charge in [0, 0.05) is 30.1 Å². The Morgan fingerprint density at radius 3 is 2.87 bits per heavy atom. The molecule has 0 spiro atoms. The Morgan fingerprint density at radius 1 is 1.20 bits per heavy atom. The number of esters is 1. The van der Waals surface area contributed by atoms with E-state index < -0.39 is 5.97 Å². The number of fused-ring (bicyclic) bond motifs is 2. The lowest BCUT2D eigenvalue weighted by Crippen LogP contribution is -2.25. The Balaban J connectivity index is 1.30. The highest BCUT2D eigenvalue weighted by molar-refractivity contribution is 7.15. The highest BCUT2D eigenvalue weighted by Gasteiger charge is 2.28. The van der Waals surface area contributed by atoms with Crippen LogP contribution in [-0.2, 0) is 22.6 Å². The molecule has 9 heteroatoms. The molecule has 1 fully saturated rings. The molecule has 3 heterocycles. The molecule has 0 bridgehead atoms. The van der Waals surface area contributed by atoms with Crippen LogP contribution in [0.2, 0.25) is 0 Å². The number of carbonyl (C=O) groups excluding carboxylic acids is 1. The van der Waals surface area contributed by atoms with Crippen molar-refractivity contribution in [3.05, 3.63) is 74.1 Å². The van der Waals surface area contributed by atoms with Gasteiger partial charge in [-0.3, -0.25) is 23.4 Å². The number of aryl methyl sites for hydroxylation is 1. The summed E-state index contributed by atoms with van der Waals surface area (Å²) in [5.41, 5.74) is 0.785. The highest BCUT2D eigenvalue weighted by Crippen LogP contribution is 2.34. The number of thiazole rings is 1. The van der Waals surface area contributed by atoms with E-state index in [0.717, 1.165) is 12.8 Å². The smallest absolute Gasteiger partial charge is 0.306 e. The van der Waals surface area contributed by atoms with Crippen LogP contribution >= 0.6 is 11.3 Å². The molecule has 30 heavy (non-hydrogen) atoms. The number of nitrogens with zero attached hydrogens (tertiary/aromatic N) is 4. The van der Waals surface area contributed by atoms with E-state index in [1.54, 1.807) is 28.3 Å². The Bertz CT molecular complexity index is 1380. The predicted molar refractivity (Wildman–Crippen MR) is 112 cm³/mol. The Labute approximate surface area is 174 Å². The SMILES string of the molecule is O=C(CCc1nc2ccccc2c(=O)n1C1CC1)OCc1cc(=O)n2ccsc2n1. The van der Waals surface area contributed by atoms with Crippen LogP contribution in [0.15, 0.2) is 51.5 Å². The number of benzene rings is 1. The summed E-state index contributed by atoms with van der Waals surface area (Å²) < 4.78 is 8.47.